The standard InChI is InChI=1S/C102H66BN9/c1-9-31-67(32-10-1)77-57-78(68-33-11-2-12-34-68)60-82(59-77)110-91-51-29-26-48-87(91)103-88-49-27-30-52-92(88)111(83-61-79(69-35-13-3-14-36-69)58-80(62-83)70-37-15-4-16-38-70)95-66-81(65-94(110)96(95)103)75-54-56-90-86(63-75)84-47-25-28-50-89(84)112(90)93-64-76(101-106-97(71-39-17-5-18-40-71)104-98(107-101)72-41-19-6-20-42-72)53-55-85(93)102-108-99(73-43-21-7-22-44-73)105-100(109-102)74-45-23-8-24-46-74/h1-66H. The van der Waals surface area contributed by atoms with Crippen LogP contribution in [0.3, 0.4) is 0 Å². The summed E-state index contributed by atoms with van der Waals surface area (Å²) in [5.74, 6) is 3.29. The normalized spacial score (nSPS) is 12.1. The molecular weight excluding hydrogens is 1360 g/mol. The van der Waals surface area contributed by atoms with Crippen LogP contribution in [0.2, 0.25) is 0 Å². The van der Waals surface area contributed by atoms with Crippen LogP contribution in [0.1, 0.15) is 0 Å². The zero-order valence-electron chi connectivity index (χ0n) is 60.7. The molecule has 0 spiro atoms. The van der Waals surface area contributed by atoms with Gasteiger partial charge in [0.05, 0.1) is 16.7 Å². The highest BCUT2D eigenvalue weighted by Gasteiger charge is 2.44. The summed E-state index contributed by atoms with van der Waals surface area (Å²) < 4.78 is 2.38. The number of para-hydroxylation sites is 3. The zero-order chi connectivity index (χ0) is 74.0. The average Bonchev–Trinajstić information content (AvgIpc) is 0.807. The van der Waals surface area contributed by atoms with Crippen molar-refractivity contribution in [1.82, 2.24) is 34.5 Å². The third-order valence-electron chi connectivity index (χ3n) is 21.8. The second-order valence-electron chi connectivity index (χ2n) is 28.5. The van der Waals surface area contributed by atoms with Crippen LogP contribution >= 0.6 is 0 Å². The van der Waals surface area contributed by atoms with Crippen LogP contribution in [-0.2, 0) is 0 Å². The van der Waals surface area contributed by atoms with Gasteiger partial charge in [0, 0.05) is 78.3 Å². The minimum atomic E-state index is -0.134. The van der Waals surface area contributed by atoms with Crippen molar-refractivity contribution in [2.75, 3.05) is 9.80 Å². The molecule has 0 saturated carbocycles. The molecule has 19 aromatic rings. The molecule has 2 aliphatic heterocycles. The Labute approximate surface area is 649 Å². The van der Waals surface area contributed by atoms with Gasteiger partial charge in [0.2, 0.25) is 0 Å². The van der Waals surface area contributed by atoms with Gasteiger partial charge in [-0.3, -0.25) is 0 Å². The Bertz CT molecular complexity index is 6380. The molecule has 0 unspecified atom stereocenters. The molecule has 0 N–H and O–H groups in total. The molecule has 9 nitrogen and oxygen atoms in total. The minimum absolute atomic E-state index is 0.134. The van der Waals surface area contributed by atoms with E-state index in [4.69, 9.17) is 29.9 Å². The predicted octanol–water partition coefficient (Wildman–Crippen LogP) is 23.6. The first-order chi connectivity index (χ1) is 55.5. The molecule has 16 aromatic carbocycles. The lowest BCUT2D eigenvalue weighted by atomic mass is 9.33. The number of anilines is 6. The van der Waals surface area contributed by atoms with Crippen LogP contribution in [-0.4, -0.2) is 41.2 Å². The van der Waals surface area contributed by atoms with Gasteiger partial charge in [0.15, 0.2) is 34.9 Å². The van der Waals surface area contributed by atoms with Gasteiger partial charge in [0.25, 0.3) is 6.71 Å². The average molecular weight is 1430 g/mol. The van der Waals surface area contributed by atoms with E-state index >= 15 is 0 Å². The van der Waals surface area contributed by atoms with Crippen LogP contribution in [0.25, 0.3) is 151 Å². The third kappa shape index (κ3) is 11.7. The van der Waals surface area contributed by atoms with Gasteiger partial charge in [-0.1, -0.05) is 309 Å². The molecule has 112 heavy (non-hydrogen) atoms. The quantitative estimate of drug-likeness (QED) is 0.0995. The van der Waals surface area contributed by atoms with Crippen LogP contribution in [0.4, 0.5) is 34.1 Å². The van der Waals surface area contributed by atoms with Crippen molar-refractivity contribution >= 4 is 79.0 Å². The fraction of sp³-hybridized carbons (Fsp3) is 0. The van der Waals surface area contributed by atoms with E-state index in [2.05, 4.69) is 318 Å². The van der Waals surface area contributed by atoms with Gasteiger partial charge in [-0.05, 0) is 163 Å². The lowest BCUT2D eigenvalue weighted by Gasteiger charge is -2.44. The molecule has 2 aliphatic rings. The highest BCUT2D eigenvalue weighted by Crippen LogP contribution is 2.50. The van der Waals surface area contributed by atoms with Gasteiger partial charge in [-0.25, -0.2) is 29.9 Å². The van der Waals surface area contributed by atoms with Gasteiger partial charge < -0.3 is 14.4 Å². The Balaban J connectivity index is 0.827. The van der Waals surface area contributed by atoms with Crippen molar-refractivity contribution < 1.29 is 0 Å². The molecule has 0 amide bonds. The molecule has 0 aliphatic carbocycles. The SMILES string of the molecule is c1ccc(-c2cc(-c3ccccc3)cc(N3c4ccccc4B4c5ccccc5N(c5cc(-c6ccccc6)cc(-c6ccccc6)c5)c5cc(-c6ccc7c(c6)c6ccccc6n7-c6cc(-c7nc(-c8ccccc8)nc(-c8ccccc8)n7)ccc6-c6nc(-c7ccccc7)nc(-c7ccccc7)n6)cc3c54)c2)cc1. The first-order valence-corrected chi connectivity index (χ1v) is 37.9. The van der Waals surface area contributed by atoms with Crippen molar-refractivity contribution in [2.45, 2.75) is 0 Å². The number of benzene rings is 16. The molecule has 0 fully saturated rings. The summed E-state index contributed by atoms with van der Waals surface area (Å²) in [5.41, 5.74) is 29.3. The molecule has 0 bridgehead atoms. The molecule has 0 radical (unpaired) electrons. The van der Waals surface area contributed by atoms with E-state index in [1.165, 1.54) is 16.4 Å². The number of hydrogen-bond donors (Lipinski definition) is 0. The number of nitrogens with zero attached hydrogens (tertiary/aromatic N) is 9. The second-order valence-corrected chi connectivity index (χ2v) is 28.5. The highest BCUT2D eigenvalue weighted by atomic mass is 15.2. The van der Waals surface area contributed by atoms with Crippen LogP contribution < -0.4 is 26.2 Å². The Morgan fingerprint density at radius 2 is 0.500 bits per heavy atom. The molecule has 3 aromatic heterocycles. The summed E-state index contributed by atoms with van der Waals surface area (Å²) in [6, 6.07) is 143. The molecular formula is C102H66BN9. The number of fused-ring (bicyclic) bond motifs is 7. The van der Waals surface area contributed by atoms with E-state index in [9.17, 15) is 0 Å². The Kier molecular flexibility index (Phi) is 16.1. The van der Waals surface area contributed by atoms with E-state index in [-0.39, 0.29) is 6.71 Å². The Morgan fingerprint density at radius 3 is 0.911 bits per heavy atom. The molecule has 522 valence electrons. The summed E-state index contributed by atoms with van der Waals surface area (Å²) in [6.45, 7) is -0.134. The maximum Gasteiger partial charge on any atom is 0.252 e. The maximum atomic E-state index is 5.44. The van der Waals surface area contributed by atoms with Crippen LogP contribution in [0.15, 0.2) is 400 Å². The minimum Gasteiger partial charge on any atom is -0.311 e. The fourth-order valence-corrected chi connectivity index (χ4v) is 16.6. The first-order valence-electron chi connectivity index (χ1n) is 37.9. The third-order valence-corrected chi connectivity index (χ3v) is 21.8. The largest absolute Gasteiger partial charge is 0.311 e. The summed E-state index contributed by atoms with van der Waals surface area (Å²) in [7, 11) is 0. The summed E-state index contributed by atoms with van der Waals surface area (Å²) in [4.78, 5) is 36.9. The summed E-state index contributed by atoms with van der Waals surface area (Å²) in [5, 5.41) is 2.13. The molecule has 0 saturated heterocycles. The Morgan fingerprint density at radius 1 is 0.188 bits per heavy atom. The smallest absolute Gasteiger partial charge is 0.252 e. The molecule has 10 heteroatoms. The summed E-state index contributed by atoms with van der Waals surface area (Å²) >= 11 is 0. The summed E-state index contributed by atoms with van der Waals surface area (Å²) in [6.07, 6.45) is 0. The van der Waals surface area contributed by atoms with Gasteiger partial charge >= 0.3 is 0 Å². The van der Waals surface area contributed by atoms with Crippen LogP contribution in [0, 0.1) is 0 Å². The topological polar surface area (TPSA) is 88.8 Å². The van der Waals surface area contributed by atoms with E-state index in [1.54, 1.807) is 0 Å². The van der Waals surface area contributed by atoms with E-state index in [0.717, 1.165) is 151 Å². The maximum absolute atomic E-state index is 5.44. The van der Waals surface area contributed by atoms with Gasteiger partial charge in [0.1, 0.15) is 0 Å². The molecule has 21 rings (SSSR count). The number of rotatable bonds is 14. The highest BCUT2D eigenvalue weighted by molar-refractivity contribution is 7.00. The van der Waals surface area contributed by atoms with Crippen LogP contribution in [0.5, 0.6) is 0 Å². The van der Waals surface area contributed by atoms with Crippen molar-refractivity contribution in [3.05, 3.63) is 400 Å². The van der Waals surface area contributed by atoms with Crippen molar-refractivity contribution in [1.29, 1.82) is 0 Å². The van der Waals surface area contributed by atoms with Gasteiger partial charge in [-0.2, -0.15) is 0 Å². The van der Waals surface area contributed by atoms with Crippen molar-refractivity contribution in [3.8, 4) is 130 Å². The van der Waals surface area contributed by atoms with E-state index in [0.29, 0.717) is 34.9 Å². The second kappa shape index (κ2) is 27.7. The number of aromatic nitrogens is 7. The first kappa shape index (κ1) is 65.3. The predicted molar refractivity (Wildman–Crippen MR) is 461 cm³/mol. The molecule has 0 atom stereocenters. The number of hydrogen-bond acceptors (Lipinski definition) is 8. The lowest BCUT2D eigenvalue weighted by Crippen LogP contribution is -2.61. The van der Waals surface area contributed by atoms with E-state index < -0.39 is 0 Å². The fourth-order valence-electron chi connectivity index (χ4n) is 16.6. The lowest BCUT2D eigenvalue weighted by molar-refractivity contribution is 1.06. The van der Waals surface area contributed by atoms with Crippen molar-refractivity contribution in [2.24, 2.45) is 0 Å². The Hall–Kier alpha value is -15.0. The zero-order valence-corrected chi connectivity index (χ0v) is 60.7. The monoisotopic (exact) mass is 1430 g/mol. The molecule has 5 heterocycles. The van der Waals surface area contributed by atoms with Crippen molar-refractivity contribution in [3.63, 3.8) is 0 Å². The van der Waals surface area contributed by atoms with Gasteiger partial charge in [-0.15, -0.1) is 0 Å². The van der Waals surface area contributed by atoms with E-state index in [1.807, 2.05) is 97.1 Å².